The lowest BCUT2D eigenvalue weighted by Crippen LogP contribution is -2.01. The molecule has 0 bridgehead atoms. The van der Waals surface area contributed by atoms with Gasteiger partial charge in [-0.2, -0.15) is 0 Å². The van der Waals surface area contributed by atoms with Crippen LogP contribution >= 0.6 is 0 Å². The molecule has 1 aromatic rings. The molecule has 0 spiro atoms. The Labute approximate surface area is 102 Å². The molecule has 0 fully saturated rings. The van der Waals surface area contributed by atoms with Gasteiger partial charge in [0.05, 0.1) is 13.2 Å². The molecule has 0 saturated carbocycles. The molecule has 0 N–H and O–H groups in total. The fraction of sp³-hybridized carbons (Fsp3) is 0.357. The van der Waals surface area contributed by atoms with E-state index in [0.29, 0.717) is 13.2 Å². The van der Waals surface area contributed by atoms with Crippen molar-refractivity contribution in [3.8, 4) is 5.75 Å². The van der Waals surface area contributed by atoms with Crippen LogP contribution in [0.2, 0.25) is 0 Å². The summed E-state index contributed by atoms with van der Waals surface area (Å²) in [5, 5.41) is 0. The van der Waals surface area contributed by atoms with Gasteiger partial charge in [-0.05, 0) is 25.5 Å². The summed E-state index contributed by atoms with van der Waals surface area (Å²) in [5.74, 6) is 0.452. The van der Waals surface area contributed by atoms with Crippen molar-refractivity contribution in [2.24, 2.45) is 0 Å². The number of esters is 1. The van der Waals surface area contributed by atoms with Crippen LogP contribution in [0.3, 0.4) is 0 Å². The Morgan fingerprint density at radius 1 is 1.29 bits per heavy atom. The van der Waals surface area contributed by atoms with Crippen LogP contribution in [0.25, 0.3) is 6.08 Å². The maximum absolute atomic E-state index is 11.3. The highest BCUT2D eigenvalue weighted by atomic mass is 16.5. The average Bonchev–Trinajstić information content (AvgIpc) is 2.35. The molecule has 0 unspecified atom stereocenters. The average molecular weight is 234 g/mol. The summed E-state index contributed by atoms with van der Waals surface area (Å²) in [6.07, 6.45) is 3.96. The van der Waals surface area contributed by atoms with Gasteiger partial charge in [0.25, 0.3) is 0 Å². The number of rotatable bonds is 6. The third kappa shape index (κ3) is 4.72. The Morgan fingerprint density at radius 2 is 2.06 bits per heavy atom. The molecule has 1 rings (SSSR count). The minimum Gasteiger partial charge on any atom is -0.493 e. The van der Waals surface area contributed by atoms with E-state index in [2.05, 4.69) is 0 Å². The number of ether oxygens (including phenoxy) is 2. The zero-order valence-electron chi connectivity index (χ0n) is 10.3. The first-order valence-corrected chi connectivity index (χ1v) is 5.84. The Kier molecular flexibility index (Phi) is 5.86. The predicted molar refractivity (Wildman–Crippen MR) is 67.9 cm³/mol. The Hall–Kier alpha value is -1.77. The summed E-state index contributed by atoms with van der Waals surface area (Å²) in [7, 11) is 0. The first-order chi connectivity index (χ1) is 8.27. The van der Waals surface area contributed by atoms with Gasteiger partial charge in [-0.3, -0.25) is 0 Å². The Morgan fingerprint density at radius 3 is 2.76 bits per heavy atom. The Balaban J connectivity index is 2.66. The van der Waals surface area contributed by atoms with Crippen molar-refractivity contribution in [2.75, 3.05) is 13.2 Å². The van der Waals surface area contributed by atoms with Gasteiger partial charge < -0.3 is 9.47 Å². The second kappa shape index (κ2) is 7.49. The van der Waals surface area contributed by atoms with E-state index >= 15 is 0 Å². The lowest BCUT2D eigenvalue weighted by Gasteiger charge is -2.06. The summed E-state index contributed by atoms with van der Waals surface area (Å²) in [5.41, 5.74) is 0.878. The standard InChI is InChI=1S/C14H18O3/c1-3-11-17-14(15)10-9-12-7-5-6-8-13(12)16-4-2/h5-10H,3-4,11H2,1-2H3/b10-9+. The van der Waals surface area contributed by atoms with Gasteiger partial charge in [-0.25, -0.2) is 4.79 Å². The molecular formula is C14H18O3. The minimum absolute atomic E-state index is 0.321. The van der Waals surface area contributed by atoms with Gasteiger partial charge in [0.1, 0.15) is 5.75 Å². The van der Waals surface area contributed by atoms with Crippen LogP contribution < -0.4 is 4.74 Å². The maximum atomic E-state index is 11.3. The quantitative estimate of drug-likeness (QED) is 0.560. The number of hydrogen-bond donors (Lipinski definition) is 0. The third-order valence-corrected chi connectivity index (χ3v) is 2.07. The molecule has 0 aliphatic heterocycles. The van der Waals surface area contributed by atoms with Crippen LogP contribution in [0.5, 0.6) is 5.75 Å². The molecule has 1 aromatic carbocycles. The molecule has 0 saturated heterocycles. The zero-order valence-corrected chi connectivity index (χ0v) is 10.3. The second-order valence-electron chi connectivity index (χ2n) is 3.47. The fourth-order valence-corrected chi connectivity index (χ4v) is 1.31. The van der Waals surface area contributed by atoms with Crippen LogP contribution in [-0.4, -0.2) is 19.2 Å². The lowest BCUT2D eigenvalue weighted by molar-refractivity contribution is -0.137. The van der Waals surface area contributed by atoms with Crippen molar-refractivity contribution in [1.82, 2.24) is 0 Å². The largest absolute Gasteiger partial charge is 0.493 e. The molecule has 92 valence electrons. The van der Waals surface area contributed by atoms with E-state index in [9.17, 15) is 4.79 Å². The van der Waals surface area contributed by atoms with Crippen LogP contribution in [0.15, 0.2) is 30.3 Å². The van der Waals surface area contributed by atoms with Crippen LogP contribution in [-0.2, 0) is 9.53 Å². The summed E-state index contributed by atoms with van der Waals surface area (Å²) in [6, 6.07) is 7.58. The van der Waals surface area contributed by atoms with Crippen molar-refractivity contribution in [1.29, 1.82) is 0 Å². The summed E-state index contributed by atoms with van der Waals surface area (Å²) in [4.78, 5) is 11.3. The summed E-state index contributed by atoms with van der Waals surface area (Å²) in [6.45, 7) is 4.94. The SMILES string of the molecule is CCCOC(=O)/C=C/c1ccccc1OCC. The fourth-order valence-electron chi connectivity index (χ4n) is 1.31. The topological polar surface area (TPSA) is 35.5 Å². The Bertz CT molecular complexity index is 383. The normalized spacial score (nSPS) is 10.5. The van der Waals surface area contributed by atoms with E-state index < -0.39 is 0 Å². The molecule has 0 aliphatic carbocycles. The number of benzene rings is 1. The van der Waals surface area contributed by atoms with Crippen LogP contribution in [0.4, 0.5) is 0 Å². The van der Waals surface area contributed by atoms with Crippen molar-refractivity contribution >= 4 is 12.0 Å². The number of para-hydroxylation sites is 1. The van der Waals surface area contributed by atoms with Gasteiger partial charge in [-0.1, -0.05) is 25.1 Å². The number of hydrogen-bond acceptors (Lipinski definition) is 3. The lowest BCUT2D eigenvalue weighted by atomic mass is 10.2. The highest BCUT2D eigenvalue weighted by molar-refractivity contribution is 5.87. The highest BCUT2D eigenvalue weighted by Crippen LogP contribution is 2.19. The van der Waals surface area contributed by atoms with E-state index in [-0.39, 0.29) is 5.97 Å². The van der Waals surface area contributed by atoms with E-state index in [1.54, 1.807) is 6.08 Å². The van der Waals surface area contributed by atoms with Gasteiger partial charge in [0.2, 0.25) is 0 Å². The number of carbonyl (C=O) groups excluding carboxylic acids is 1. The molecule has 3 heteroatoms. The number of carbonyl (C=O) groups is 1. The van der Waals surface area contributed by atoms with Gasteiger partial charge in [0, 0.05) is 11.6 Å². The highest BCUT2D eigenvalue weighted by Gasteiger charge is 2.00. The van der Waals surface area contributed by atoms with Crippen molar-refractivity contribution in [3.05, 3.63) is 35.9 Å². The monoisotopic (exact) mass is 234 g/mol. The molecule has 0 atom stereocenters. The molecule has 17 heavy (non-hydrogen) atoms. The van der Waals surface area contributed by atoms with Crippen molar-refractivity contribution in [3.63, 3.8) is 0 Å². The van der Waals surface area contributed by atoms with Crippen LogP contribution in [0, 0.1) is 0 Å². The first kappa shape index (κ1) is 13.3. The van der Waals surface area contributed by atoms with Crippen LogP contribution in [0.1, 0.15) is 25.8 Å². The van der Waals surface area contributed by atoms with Gasteiger partial charge in [0.15, 0.2) is 0 Å². The minimum atomic E-state index is -0.321. The molecule has 3 nitrogen and oxygen atoms in total. The summed E-state index contributed by atoms with van der Waals surface area (Å²) >= 11 is 0. The maximum Gasteiger partial charge on any atom is 0.330 e. The van der Waals surface area contributed by atoms with E-state index in [4.69, 9.17) is 9.47 Å². The smallest absolute Gasteiger partial charge is 0.330 e. The van der Waals surface area contributed by atoms with Crippen molar-refractivity contribution < 1.29 is 14.3 Å². The van der Waals surface area contributed by atoms with Gasteiger partial charge >= 0.3 is 5.97 Å². The second-order valence-corrected chi connectivity index (χ2v) is 3.47. The first-order valence-electron chi connectivity index (χ1n) is 5.84. The molecular weight excluding hydrogens is 216 g/mol. The predicted octanol–water partition coefficient (Wildman–Crippen LogP) is 3.05. The van der Waals surface area contributed by atoms with Crippen molar-refractivity contribution in [2.45, 2.75) is 20.3 Å². The van der Waals surface area contributed by atoms with E-state index in [1.807, 2.05) is 38.1 Å². The third-order valence-electron chi connectivity index (χ3n) is 2.07. The zero-order chi connectivity index (χ0) is 12.5. The molecule has 0 aliphatic rings. The van der Waals surface area contributed by atoms with E-state index in [1.165, 1.54) is 6.08 Å². The van der Waals surface area contributed by atoms with E-state index in [0.717, 1.165) is 17.7 Å². The van der Waals surface area contributed by atoms with Gasteiger partial charge in [-0.15, -0.1) is 0 Å². The molecule has 0 amide bonds. The molecule has 0 heterocycles. The molecule has 0 aromatic heterocycles. The molecule has 0 radical (unpaired) electrons. The summed E-state index contributed by atoms with van der Waals surface area (Å²) < 4.78 is 10.4.